The standard InChI is InChI=1S/C14H17F3N4S/c1-20(6-11-8-22-9-18-11)4-10-2-3-13-19-12(14(15,16)17)7-21(13)5-10/h7-10H,2-6H2,1H3/t10-/m0/s1. The Morgan fingerprint density at radius 1 is 1.45 bits per heavy atom. The summed E-state index contributed by atoms with van der Waals surface area (Å²) in [6.45, 7) is 2.21. The third kappa shape index (κ3) is 3.49. The second-order valence-corrected chi connectivity index (χ2v) is 6.49. The van der Waals surface area contributed by atoms with Crippen LogP contribution < -0.4 is 0 Å². The summed E-state index contributed by atoms with van der Waals surface area (Å²) in [4.78, 5) is 10.1. The number of thiazole rings is 1. The first-order chi connectivity index (χ1) is 10.4. The molecule has 0 amide bonds. The van der Waals surface area contributed by atoms with Crippen LogP contribution in [0.2, 0.25) is 0 Å². The Morgan fingerprint density at radius 3 is 2.95 bits per heavy atom. The van der Waals surface area contributed by atoms with Crippen molar-refractivity contribution in [2.24, 2.45) is 5.92 Å². The van der Waals surface area contributed by atoms with Gasteiger partial charge in [-0.25, -0.2) is 9.97 Å². The van der Waals surface area contributed by atoms with Gasteiger partial charge in [0.05, 0.1) is 11.2 Å². The molecule has 0 bridgehead atoms. The largest absolute Gasteiger partial charge is 0.434 e. The smallest absolute Gasteiger partial charge is 0.334 e. The highest BCUT2D eigenvalue weighted by atomic mass is 32.1. The number of aromatic nitrogens is 3. The van der Waals surface area contributed by atoms with Crippen molar-refractivity contribution in [3.8, 4) is 0 Å². The minimum absolute atomic E-state index is 0.339. The van der Waals surface area contributed by atoms with Crippen molar-refractivity contribution in [2.75, 3.05) is 13.6 Å². The van der Waals surface area contributed by atoms with E-state index in [0.717, 1.165) is 31.4 Å². The second kappa shape index (κ2) is 6.00. The number of rotatable bonds is 4. The number of nitrogens with zero attached hydrogens (tertiary/aromatic N) is 4. The van der Waals surface area contributed by atoms with E-state index >= 15 is 0 Å². The minimum Gasteiger partial charge on any atom is -0.334 e. The maximum Gasteiger partial charge on any atom is 0.434 e. The maximum absolute atomic E-state index is 12.7. The molecule has 120 valence electrons. The molecule has 2 aromatic rings. The number of hydrogen-bond donors (Lipinski definition) is 0. The van der Waals surface area contributed by atoms with E-state index in [1.165, 1.54) is 0 Å². The van der Waals surface area contributed by atoms with Crippen LogP contribution in [0.1, 0.15) is 23.6 Å². The average molecular weight is 330 g/mol. The first-order valence-corrected chi connectivity index (χ1v) is 8.05. The number of alkyl halides is 3. The van der Waals surface area contributed by atoms with E-state index in [1.807, 2.05) is 12.4 Å². The van der Waals surface area contributed by atoms with Crippen LogP contribution in [-0.2, 0) is 25.7 Å². The number of aryl methyl sites for hydroxylation is 1. The minimum atomic E-state index is -4.36. The van der Waals surface area contributed by atoms with Gasteiger partial charge in [0.1, 0.15) is 5.82 Å². The monoisotopic (exact) mass is 330 g/mol. The predicted octanol–water partition coefficient (Wildman–Crippen LogP) is 3.05. The third-order valence-electron chi connectivity index (χ3n) is 3.87. The third-order valence-corrected chi connectivity index (χ3v) is 4.50. The molecule has 8 heteroatoms. The molecule has 2 aromatic heterocycles. The molecule has 0 aliphatic carbocycles. The van der Waals surface area contributed by atoms with Crippen LogP contribution in [0.5, 0.6) is 0 Å². The average Bonchev–Trinajstić information content (AvgIpc) is 3.06. The fraction of sp³-hybridized carbons (Fsp3) is 0.571. The van der Waals surface area contributed by atoms with E-state index in [0.29, 0.717) is 24.7 Å². The molecule has 0 spiro atoms. The van der Waals surface area contributed by atoms with Gasteiger partial charge in [0.25, 0.3) is 0 Å². The van der Waals surface area contributed by atoms with E-state index in [-0.39, 0.29) is 0 Å². The summed E-state index contributed by atoms with van der Waals surface area (Å²) in [5.74, 6) is 0.886. The summed E-state index contributed by atoms with van der Waals surface area (Å²) in [6.07, 6.45) is -1.75. The lowest BCUT2D eigenvalue weighted by Crippen LogP contribution is -2.31. The van der Waals surface area contributed by atoms with Crippen LogP contribution >= 0.6 is 11.3 Å². The van der Waals surface area contributed by atoms with Gasteiger partial charge in [-0.1, -0.05) is 0 Å². The van der Waals surface area contributed by atoms with Gasteiger partial charge in [0.15, 0.2) is 5.69 Å². The highest BCUT2D eigenvalue weighted by Crippen LogP contribution is 2.30. The van der Waals surface area contributed by atoms with Gasteiger partial charge < -0.3 is 9.47 Å². The molecule has 0 saturated carbocycles. The van der Waals surface area contributed by atoms with Gasteiger partial charge in [0.2, 0.25) is 0 Å². The lowest BCUT2D eigenvalue weighted by molar-refractivity contribution is -0.141. The van der Waals surface area contributed by atoms with Crippen molar-refractivity contribution >= 4 is 11.3 Å². The molecule has 3 rings (SSSR count). The highest BCUT2D eigenvalue weighted by molar-refractivity contribution is 7.07. The molecule has 0 N–H and O–H groups in total. The van der Waals surface area contributed by atoms with Crippen molar-refractivity contribution in [1.82, 2.24) is 19.4 Å². The highest BCUT2D eigenvalue weighted by Gasteiger charge is 2.35. The first-order valence-electron chi connectivity index (χ1n) is 7.10. The van der Waals surface area contributed by atoms with Crippen LogP contribution in [0.3, 0.4) is 0 Å². The Kier molecular flexibility index (Phi) is 4.22. The van der Waals surface area contributed by atoms with E-state index in [2.05, 4.69) is 14.9 Å². The van der Waals surface area contributed by atoms with Crippen molar-refractivity contribution in [2.45, 2.75) is 32.1 Å². The fourth-order valence-electron chi connectivity index (χ4n) is 2.90. The summed E-state index contributed by atoms with van der Waals surface area (Å²) >= 11 is 1.57. The summed E-state index contributed by atoms with van der Waals surface area (Å²) in [5.41, 5.74) is 2.06. The van der Waals surface area contributed by atoms with Crippen LogP contribution in [0.15, 0.2) is 17.1 Å². The molecule has 0 unspecified atom stereocenters. The molecule has 4 nitrogen and oxygen atoms in total. The lowest BCUT2D eigenvalue weighted by atomic mass is 9.99. The van der Waals surface area contributed by atoms with E-state index in [4.69, 9.17) is 0 Å². The molecule has 22 heavy (non-hydrogen) atoms. The van der Waals surface area contributed by atoms with Gasteiger partial charge in [0, 0.05) is 37.6 Å². The molecule has 1 atom stereocenters. The van der Waals surface area contributed by atoms with Crippen molar-refractivity contribution in [3.05, 3.63) is 34.3 Å². The molecular weight excluding hydrogens is 313 g/mol. The van der Waals surface area contributed by atoms with E-state index in [1.54, 1.807) is 21.4 Å². The normalized spacial score (nSPS) is 18.7. The molecule has 0 aromatic carbocycles. The molecule has 3 heterocycles. The van der Waals surface area contributed by atoms with E-state index in [9.17, 15) is 13.2 Å². The van der Waals surface area contributed by atoms with Gasteiger partial charge >= 0.3 is 6.18 Å². The van der Waals surface area contributed by atoms with Crippen molar-refractivity contribution in [1.29, 1.82) is 0 Å². The van der Waals surface area contributed by atoms with E-state index < -0.39 is 11.9 Å². The Balaban J connectivity index is 1.60. The number of imidazole rings is 1. The second-order valence-electron chi connectivity index (χ2n) is 5.77. The Morgan fingerprint density at radius 2 is 2.27 bits per heavy atom. The molecular formula is C14H17F3N4S. The first kappa shape index (κ1) is 15.5. The van der Waals surface area contributed by atoms with Crippen LogP contribution in [-0.4, -0.2) is 33.0 Å². The Bertz CT molecular complexity index is 621. The summed E-state index contributed by atoms with van der Waals surface area (Å²) in [6, 6.07) is 0. The predicted molar refractivity (Wildman–Crippen MR) is 77.5 cm³/mol. The van der Waals surface area contributed by atoms with Crippen molar-refractivity contribution in [3.63, 3.8) is 0 Å². The Labute approximate surface area is 130 Å². The number of hydrogen-bond acceptors (Lipinski definition) is 4. The zero-order valence-corrected chi connectivity index (χ0v) is 13.0. The maximum atomic E-state index is 12.7. The van der Waals surface area contributed by atoms with Gasteiger partial charge in [-0.15, -0.1) is 11.3 Å². The van der Waals surface area contributed by atoms with Crippen LogP contribution in [0.25, 0.3) is 0 Å². The van der Waals surface area contributed by atoms with Crippen LogP contribution in [0.4, 0.5) is 13.2 Å². The molecule has 0 fully saturated rings. The summed E-state index contributed by atoms with van der Waals surface area (Å²) < 4.78 is 39.8. The number of halogens is 3. The summed E-state index contributed by atoms with van der Waals surface area (Å²) in [7, 11) is 2.02. The molecule has 1 aliphatic heterocycles. The molecule has 0 radical (unpaired) electrons. The fourth-order valence-corrected chi connectivity index (χ4v) is 3.45. The summed E-state index contributed by atoms with van der Waals surface area (Å²) in [5, 5.41) is 2.01. The van der Waals surface area contributed by atoms with Crippen LogP contribution in [0, 0.1) is 5.92 Å². The van der Waals surface area contributed by atoms with Gasteiger partial charge in [-0.3, -0.25) is 0 Å². The topological polar surface area (TPSA) is 34.0 Å². The lowest BCUT2D eigenvalue weighted by Gasteiger charge is -2.27. The quantitative estimate of drug-likeness (QED) is 0.864. The van der Waals surface area contributed by atoms with Gasteiger partial charge in [-0.2, -0.15) is 13.2 Å². The molecule has 1 aliphatic rings. The molecule has 0 saturated heterocycles. The zero-order valence-electron chi connectivity index (χ0n) is 12.2. The van der Waals surface area contributed by atoms with Crippen molar-refractivity contribution < 1.29 is 13.2 Å². The van der Waals surface area contributed by atoms with Gasteiger partial charge in [-0.05, 0) is 19.4 Å². The Hall–Kier alpha value is -1.41. The number of fused-ring (bicyclic) bond motifs is 1. The SMILES string of the molecule is CN(Cc1cscn1)C[C@@H]1CCc2nc(C(F)(F)F)cn2C1. The zero-order chi connectivity index (χ0) is 15.7.